The molecule has 0 aromatic heterocycles. The summed E-state index contributed by atoms with van der Waals surface area (Å²) < 4.78 is 5.57. The van der Waals surface area contributed by atoms with Crippen molar-refractivity contribution in [1.82, 2.24) is 5.32 Å². The van der Waals surface area contributed by atoms with E-state index < -0.39 is 6.10 Å². The monoisotopic (exact) mass is 285 g/mol. The molecule has 0 radical (unpaired) electrons. The van der Waals surface area contributed by atoms with Crippen molar-refractivity contribution in [3.63, 3.8) is 0 Å². The zero-order chi connectivity index (χ0) is 14.9. The molecule has 1 atom stereocenters. The molecule has 0 spiro atoms. The highest BCUT2D eigenvalue weighted by Crippen LogP contribution is 2.12. The Bertz CT molecular complexity index is 528. The molecule has 0 saturated carbocycles. The van der Waals surface area contributed by atoms with Gasteiger partial charge >= 0.3 is 0 Å². The molecule has 0 fully saturated rings. The van der Waals surface area contributed by atoms with Crippen molar-refractivity contribution in [2.45, 2.75) is 19.4 Å². The van der Waals surface area contributed by atoms with Crippen LogP contribution in [0.4, 0.5) is 0 Å². The van der Waals surface area contributed by atoms with Crippen LogP contribution in [-0.2, 0) is 6.42 Å². The van der Waals surface area contributed by atoms with Crippen molar-refractivity contribution in [2.75, 3.05) is 19.7 Å². The molecule has 0 bridgehead atoms. The predicted octanol–water partition coefficient (Wildman–Crippen LogP) is 2.57. The topological polar surface area (TPSA) is 41.5 Å². The number of ether oxygens (including phenoxy) is 1. The summed E-state index contributed by atoms with van der Waals surface area (Å²) in [6.07, 6.45) is 0.466. The minimum Gasteiger partial charge on any atom is -0.491 e. The first kappa shape index (κ1) is 15.5. The Labute approximate surface area is 126 Å². The Balaban J connectivity index is 1.60. The van der Waals surface area contributed by atoms with Crippen molar-refractivity contribution in [2.24, 2.45) is 0 Å². The standard InChI is InChI=1S/C18H23NO2/c1-15-6-5-9-18(12-15)21-14-17(20)13-19-11-10-16-7-3-2-4-8-16/h2-9,12,17,19-20H,10-11,13-14H2,1H3/t17-/m0/s1. The van der Waals surface area contributed by atoms with Crippen LogP contribution in [0.2, 0.25) is 0 Å². The summed E-state index contributed by atoms with van der Waals surface area (Å²) >= 11 is 0. The van der Waals surface area contributed by atoms with E-state index in [0.717, 1.165) is 24.3 Å². The normalized spacial score (nSPS) is 12.1. The predicted molar refractivity (Wildman–Crippen MR) is 85.7 cm³/mol. The van der Waals surface area contributed by atoms with Gasteiger partial charge in [-0.1, -0.05) is 42.5 Å². The van der Waals surface area contributed by atoms with Crippen LogP contribution < -0.4 is 10.1 Å². The lowest BCUT2D eigenvalue weighted by atomic mass is 10.1. The fourth-order valence-corrected chi connectivity index (χ4v) is 2.10. The molecule has 0 aliphatic heterocycles. The number of hydrogen-bond donors (Lipinski definition) is 2. The van der Waals surface area contributed by atoms with Gasteiger partial charge in [0.2, 0.25) is 0 Å². The van der Waals surface area contributed by atoms with Crippen LogP contribution in [-0.4, -0.2) is 30.9 Å². The number of hydrogen-bond acceptors (Lipinski definition) is 3. The summed E-state index contributed by atoms with van der Waals surface area (Å²) in [4.78, 5) is 0. The molecule has 0 amide bonds. The first-order valence-corrected chi connectivity index (χ1v) is 7.36. The number of benzene rings is 2. The molecular formula is C18H23NO2. The Morgan fingerprint density at radius 1 is 1.10 bits per heavy atom. The molecule has 3 heteroatoms. The lowest BCUT2D eigenvalue weighted by Gasteiger charge is -2.13. The van der Waals surface area contributed by atoms with Crippen LogP contribution in [0, 0.1) is 6.92 Å². The molecule has 0 unspecified atom stereocenters. The summed E-state index contributed by atoms with van der Waals surface area (Å²) in [5.41, 5.74) is 2.46. The molecule has 3 nitrogen and oxygen atoms in total. The van der Waals surface area contributed by atoms with Crippen molar-refractivity contribution in [3.05, 3.63) is 65.7 Å². The van der Waals surface area contributed by atoms with E-state index in [2.05, 4.69) is 17.4 Å². The van der Waals surface area contributed by atoms with Crippen molar-refractivity contribution >= 4 is 0 Å². The van der Waals surface area contributed by atoms with Gasteiger partial charge in [-0.05, 0) is 43.1 Å². The lowest BCUT2D eigenvalue weighted by Crippen LogP contribution is -2.32. The van der Waals surface area contributed by atoms with Crippen LogP contribution in [0.5, 0.6) is 5.75 Å². The van der Waals surface area contributed by atoms with Crippen LogP contribution in [0.15, 0.2) is 54.6 Å². The second kappa shape index (κ2) is 8.45. The van der Waals surface area contributed by atoms with E-state index in [1.165, 1.54) is 5.56 Å². The van der Waals surface area contributed by atoms with Crippen molar-refractivity contribution in [3.8, 4) is 5.75 Å². The highest BCUT2D eigenvalue weighted by Gasteiger charge is 2.05. The quantitative estimate of drug-likeness (QED) is 0.733. The van der Waals surface area contributed by atoms with Gasteiger partial charge in [0, 0.05) is 6.54 Å². The van der Waals surface area contributed by atoms with Gasteiger partial charge in [-0.15, -0.1) is 0 Å². The largest absolute Gasteiger partial charge is 0.491 e. The average molecular weight is 285 g/mol. The molecule has 2 aromatic rings. The molecular weight excluding hydrogens is 262 g/mol. The van der Waals surface area contributed by atoms with Gasteiger partial charge in [0.25, 0.3) is 0 Å². The van der Waals surface area contributed by atoms with Crippen LogP contribution in [0.1, 0.15) is 11.1 Å². The Morgan fingerprint density at radius 3 is 2.67 bits per heavy atom. The summed E-state index contributed by atoms with van der Waals surface area (Å²) in [5.74, 6) is 0.804. The first-order chi connectivity index (χ1) is 10.2. The molecule has 21 heavy (non-hydrogen) atoms. The smallest absolute Gasteiger partial charge is 0.119 e. The lowest BCUT2D eigenvalue weighted by molar-refractivity contribution is 0.106. The zero-order valence-corrected chi connectivity index (χ0v) is 12.5. The highest BCUT2D eigenvalue weighted by atomic mass is 16.5. The molecule has 2 N–H and O–H groups in total. The van der Waals surface area contributed by atoms with Gasteiger partial charge in [-0.3, -0.25) is 0 Å². The third-order valence-corrected chi connectivity index (χ3v) is 3.25. The number of nitrogens with one attached hydrogen (secondary N) is 1. The maximum absolute atomic E-state index is 9.89. The van der Waals surface area contributed by atoms with Gasteiger partial charge < -0.3 is 15.2 Å². The summed E-state index contributed by atoms with van der Waals surface area (Å²) in [6.45, 7) is 3.72. The SMILES string of the molecule is Cc1cccc(OC[C@@H](O)CNCCc2ccccc2)c1. The van der Waals surface area contributed by atoms with Crippen molar-refractivity contribution in [1.29, 1.82) is 0 Å². The number of aryl methyl sites for hydroxylation is 1. The minimum atomic E-state index is -0.499. The second-order valence-electron chi connectivity index (χ2n) is 5.22. The third kappa shape index (κ3) is 5.98. The highest BCUT2D eigenvalue weighted by molar-refractivity contribution is 5.27. The third-order valence-electron chi connectivity index (χ3n) is 3.25. The van der Waals surface area contributed by atoms with E-state index in [0.29, 0.717) is 13.2 Å². The summed E-state index contributed by atoms with van der Waals surface area (Å²) in [7, 11) is 0. The molecule has 0 saturated heterocycles. The maximum atomic E-state index is 9.89. The van der Waals surface area contributed by atoms with Crippen LogP contribution >= 0.6 is 0 Å². The second-order valence-corrected chi connectivity index (χ2v) is 5.22. The summed E-state index contributed by atoms with van der Waals surface area (Å²) in [6, 6.07) is 18.2. The van der Waals surface area contributed by atoms with Gasteiger partial charge in [-0.25, -0.2) is 0 Å². The number of rotatable bonds is 8. The van der Waals surface area contributed by atoms with E-state index in [1.54, 1.807) is 0 Å². The Hall–Kier alpha value is -1.84. The van der Waals surface area contributed by atoms with Crippen LogP contribution in [0.25, 0.3) is 0 Å². The van der Waals surface area contributed by atoms with Gasteiger partial charge in [0.15, 0.2) is 0 Å². The number of aliphatic hydroxyl groups excluding tert-OH is 1. The molecule has 0 aliphatic carbocycles. The first-order valence-electron chi connectivity index (χ1n) is 7.36. The van der Waals surface area contributed by atoms with Crippen molar-refractivity contribution < 1.29 is 9.84 Å². The summed E-state index contributed by atoms with van der Waals surface area (Å²) in [5, 5.41) is 13.1. The van der Waals surface area contributed by atoms with E-state index in [9.17, 15) is 5.11 Å². The molecule has 112 valence electrons. The molecule has 2 rings (SSSR count). The van der Waals surface area contributed by atoms with E-state index in [-0.39, 0.29) is 0 Å². The molecule has 2 aromatic carbocycles. The minimum absolute atomic E-state index is 0.307. The Kier molecular flexibility index (Phi) is 6.25. The van der Waals surface area contributed by atoms with Gasteiger partial charge in [0.05, 0.1) is 0 Å². The van der Waals surface area contributed by atoms with E-state index in [4.69, 9.17) is 4.74 Å². The molecule has 0 heterocycles. The fourth-order valence-electron chi connectivity index (χ4n) is 2.10. The van der Waals surface area contributed by atoms with Gasteiger partial charge in [0.1, 0.15) is 18.5 Å². The van der Waals surface area contributed by atoms with Crippen LogP contribution in [0.3, 0.4) is 0 Å². The molecule has 0 aliphatic rings. The Morgan fingerprint density at radius 2 is 1.90 bits per heavy atom. The van der Waals surface area contributed by atoms with E-state index >= 15 is 0 Å². The van der Waals surface area contributed by atoms with E-state index in [1.807, 2.05) is 49.4 Å². The zero-order valence-electron chi connectivity index (χ0n) is 12.5. The number of aliphatic hydroxyl groups is 1. The average Bonchev–Trinajstić information content (AvgIpc) is 2.51. The maximum Gasteiger partial charge on any atom is 0.119 e. The van der Waals surface area contributed by atoms with Gasteiger partial charge in [-0.2, -0.15) is 0 Å². The fraction of sp³-hybridized carbons (Fsp3) is 0.333.